The molecule has 0 bridgehead atoms. The molecule has 0 aromatic heterocycles. The molecule has 7 heteroatoms. The number of benzene rings is 2. The second-order valence-corrected chi connectivity index (χ2v) is 9.52. The lowest BCUT2D eigenvalue weighted by atomic mass is 10.0. The number of sulfonamides is 1. The van der Waals surface area contributed by atoms with E-state index in [9.17, 15) is 13.2 Å². The molecule has 2 aromatic carbocycles. The summed E-state index contributed by atoms with van der Waals surface area (Å²) in [6.45, 7) is 6.97. The molecule has 1 N–H and O–H groups in total. The van der Waals surface area contributed by atoms with Crippen LogP contribution in [-0.2, 0) is 14.8 Å². The molecule has 0 aliphatic carbocycles. The van der Waals surface area contributed by atoms with Crippen LogP contribution in [0.4, 0.5) is 5.69 Å². The van der Waals surface area contributed by atoms with E-state index in [0.717, 1.165) is 18.4 Å². The minimum atomic E-state index is -3.46. The summed E-state index contributed by atoms with van der Waals surface area (Å²) >= 11 is 0. The summed E-state index contributed by atoms with van der Waals surface area (Å²) in [6, 6.07) is 14.0. The van der Waals surface area contributed by atoms with Gasteiger partial charge < -0.3 is 10.1 Å². The molecule has 1 fully saturated rings. The number of amides is 1. The molecular weight excluding hydrogens is 388 g/mol. The van der Waals surface area contributed by atoms with Crippen LogP contribution >= 0.6 is 0 Å². The highest BCUT2D eigenvalue weighted by Crippen LogP contribution is 2.27. The Balaban J connectivity index is 1.65. The van der Waals surface area contributed by atoms with E-state index in [0.29, 0.717) is 24.5 Å². The molecule has 1 amide bonds. The van der Waals surface area contributed by atoms with Crippen LogP contribution in [0, 0.1) is 0 Å². The zero-order valence-corrected chi connectivity index (χ0v) is 17.9. The van der Waals surface area contributed by atoms with Crippen molar-refractivity contribution in [2.24, 2.45) is 0 Å². The normalized spacial score (nSPS) is 16.0. The molecular formula is C22H28N2O4S. The summed E-state index contributed by atoms with van der Waals surface area (Å²) in [5.74, 6) is 0.683. The van der Waals surface area contributed by atoms with E-state index < -0.39 is 16.1 Å². The average molecular weight is 417 g/mol. The molecule has 2 aromatic rings. The number of hydrogen-bond acceptors (Lipinski definition) is 4. The van der Waals surface area contributed by atoms with Crippen LogP contribution in [-0.4, -0.2) is 37.8 Å². The van der Waals surface area contributed by atoms with Crippen molar-refractivity contribution in [2.75, 3.05) is 18.4 Å². The van der Waals surface area contributed by atoms with Crippen LogP contribution in [0.25, 0.3) is 0 Å². The highest BCUT2D eigenvalue weighted by Gasteiger charge is 2.27. The van der Waals surface area contributed by atoms with Crippen molar-refractivity contribution < 1.29 is 17.9 Å². The minimum absolute atomic E-state index is 0.243. The van der Waals surface area contributed by atoms with Gasteiger partial charge in [0, 0.05) is 18.8 Å². The summed E-state index contributed by atoms with van der Waals surface area (Å²) in [4.78, 5) is 12.8. The standard InChI is InChI=1S/C22H28N2O4S/c1-16(2)20-8-4-5-9-21(20)28-17(3)22(25)23-18-10-12-19(13-11-18)29(26,27)24-14-6-7-15-24/h4-5,8-13,16-17H,6-7,14-15H2,1-3H3,(H,23,25)/t17-/m0/s1. The number of para-hydroxylation sites is 1. The fourth-order valence-electron chi connectivity index (χ4n) is 3.34. The SMILES string of the molecule is CC(C)c1ccccc1O[C@@H](C)C(=O)Nc1ccc(S(=O)(=O)N2CCCC2)cc1. The monoisotopic (exact) mass is 416 g/mol. The molecule has 29 heavy (non-hydrogen) atoms. The van der Waals surface area contributed by atoms with Crippen LogP contribution in [0.1, 0.15) is 45.1 Å². The van der Waals surface area contributed by atoms with Crippen molar-refractivity contribution >= 4 is 21.6 Å². The molecule has 1 heterocycles. The van der Waals surface area contributed by atoms with E-state index in [4.69, 9.17) is 4.74 Å². The van der Waals surface area contributed by atoms with Gasteiger partial charge in [0.05, 0.1) is 4.90 Å². The maximum Gasteiger partial charge on any atom is 0.265 e. The van der Waals surface area contributed by atoms with Gasteiger partial charge >= 0.3 is 0 Å². The van der Waals surface area contributed by atoms with Gasteiger partial charge in [0.25, 0.3) is 5.91 Å². The highest BCUT2D eigenvalue weighted by molar-refractivity contribution is 7.89. The Hall–Kier alpha value is -2.38. The maximum absolute atomic E-state index is 12.6. The van der Waals surface area contributed by atoms with E-state index in [1.54, 1.807) is 19.1 Å². The van der Waals surface area contributed by atoms with Crippen molar-refractivity contribution in [1.29, 1.82) is 0 Å². The van der Waals surface area contributed by atoms with Gasteiger partial charge in [-0.1, -0.05) is 32.0 Å². The van der Waals surface area contributed by atoms with Crippen molar-refractivity contribution in [3.8, 4) is 5.75 Å². The van der Waals surface area contributed by atoms with Gasteiger partial charge in [-0.05, 0) is 61.6 Å². The van der Waals surface area contributed by atoms with Crippen LogP contribution in [0.3, 0.4) is 0 Å². The molecule has 0 radical (unpaired) electrons. The fourth-order valence-corrected chi connectivity index (χ4v) is 4.86. The molecule has 0 saturated carbocycles. The molecule has 1 aliphatic rings. The second-order valence-electron chi connectivity index (χ2n) is 7.58. The Bertz CT molecular complexity index is 949. The smallest absolute Gasteiger partial charge is 0.265 e. The van der Waals surface area contributed by atoms with E-state index in [2.05, 4.69) is 19.2 Å². The lowest BCUT2D eigenvalue weighted by molar-refractivity contribution is -0.122. The lowest BCUT2D eigenvalue weighted by Crippen LogP contribution is -2.30. The first-order valence-corrected chi connectivity index (χ1v) is 11.4. The highest BCUT2D eigenvalue weighted by atomic mass is 32.2. The number of ether oxygens (including phenoxy) is 1. The third kappa shape index (κ3) is 4.97. The third-order valence-corrected chi connectivity index (χ3v) is 6.95. The Labute approximate surface area is 172 Å². The Kier molecular flexibility index (Phi) is 6.59. The Morgan fingerprint density at radius 2 is 1.62 bits per heavy atom. The van der Waals surface area contributed by atoms with E-state index in [-0.39, 0.29) is 16.7 Å². The Morgan fingerprint density at radius 1 is 1.00 bits per heavy atom. The summed E-state index contributed by atoms with van der Waals surface area (Å²) in [7, 11) is -3.46. The van der Waals surface area contributed by atoms with E-state index >= 15 is 0 Å². The predicted molar refractivity (Wildman–Crippen MR) is 114 cm³/mol. The summed E-state index contributed by atoms with van der Waals surface area (Å²) in [5, 5.41) is 2.79. The number of nitrogens with zero attached hydrogens (tertiary/aromatic N) is 1. The summed E-state index contributed by atoms with van der Waals surface area (Å²) in [5.41, 5.74) is 1.58. The fraction of sp³-hybridized carbons (Fsp3) is 0.409. The van der Waals surface area contributed by atoms with Gasteiger partial charge in [0.1, 0.15) is 5.75 Å². The molecule has 1 atom stereocenters. The number of anilines is 1. The first-order valence-electron chi connectivity index (χ1n) is 9.95. The number of rotatable bonds is 7. The quantitative estimate of drug-likeness (QED) is 0.740. The molecule has 6 nitrogen and oxygen atoms in total. The summed E-state index contributed by atoms with van der Waals surface area (Å²) in [6.07, 6.45) is 1.10. The Morgan fingerprint density at radius 3 is 2.24 bits per heavy atom. The number of carbonyl (C=O) groups is 1. The second kappa shape index (κ2) is 8.97. The van der Waals surface area contributed by atoms with Crippen molar-refractivity contribution in [2.45, 2.75) is 50.5 Å². The van der Waals surface area contributed by atoms with Crippen molar-refractivity contribution in [3.05, 3.63) is 54.1 Å². The maximum atomic E-state index is 12.6. The molecule has 156 valence electrons. The summed E-state index contributed by atoms with van der Waals surface area (Å²) < 4.78 is 32.5. The zero-order chi connectivity index (χ0) is 21.0. The van der Waals surface area contributed by atoms with Gasteiger partial charge in [-0.2, -0.15) is 4.31 Å². The van der Waals surface area contributed by atoms with Crippen LogP contribution in [0.5, 0.6) is 5.75 Å². The zero-order valence-electron chi connectivity index (χ0n) is 17.1. The molecule has 3 rings (SSSR count). The van der Waals surface area contributed by atoms with Gasteiger partial charge in [-0.25, -0.2) is 8.42 Å². The number of carbonyl (C=O) groups excluding carboxylic acids is 1. The van der Waals surface area contributed by atoms with Gasteiger partial charge in [0.15, 0.2) is 6.10 Å². The molecule has 0 spiro atoms. The van der Waals surface area contributed by atoms with Gasteiger partial charge in [-0.3, -0.25) is 4.79 Å². The van der Waals surface area contributed by atoms with Crippen molar-refractivity contribution in [1.82, 2.24) is 4.31 Å². The van der Waals surface area contributed by atoms with E-state index in [1.165, 1.54) is 16.4 Å². The first kappa shape index (κ1) is 21.3. The number of nitrogens with one attached hydrogen (secondary N) is 1. The largest absolute Gasteiger partial charge is 0.481 e. The minimum Gasteiger partial charge on any atom is -0.481 e. The van der Waals surface area contributed by atoms with E-state index in [1.807, 2.05) is 24.3 Å². The first-order chi connectivity index (χ1) is 13.8. The van der Waals surface area contributed by atoms with Crippen LogP contribution in [0.15, 0.2) is 53.4 Å². The molecule has 0 unspecified atom stereocenters. The molecule has 1 aliphatic heterocycles. The predicted octanol–water partition coefficient (Wildman–Crippen LogP) is 4.00. The third-order valence-electron chi connectivity index (χ3n) is 5.04. The van der Waals surface area contributed by atoms with Crippen LogP contribution < -0.4 is 10.1 Å². The average Bonchev–Trinajstić information content (AvgIpc) is 3.24. The van der Waals surface area contributed by atoms with Crippen LogP contribution in [0.2, 0.25) is 0 Å². The van der Waals surface area contributed by atoms with Gasteiger partial charge in [-0.15, -0.1) is 0 Å². The lowest BCUT2D eigenvalue weighted by Gasteiger charge is -2.19. The molecule has 1 saturated heterocycles. The van der Waals surface area contributed by atoms with Gasteiger partial charge in [0.2, 0.25) is 10.0 Å². The van der Waals surface area contributed by atoms with Crippen molar-refractivity contribution in [3.63, 3.8) is 0 Å². The number of hydrogen-bond donors (Lipinski definition) is 1. The topological polar surface area (TPSA) is 75.7 Å².